The summed E-state index contributed by atoms with van der Waals surface area (Å²) in [6.45, 7) is 1.64. The van der Waals surface area contributed by atoms with Crippen molar-refractivity contribution in [2.45, 2.75) is 13.0 Å². The average molecular weight is 178 g/mol. The van der Waals surface area contributed by atoms with E-state index < -0.39 is 6.10 Å². The van der Waals surface area contributed by atoms with Crippen molar-refractivity contribution in [2.75, 3.05) is 0 Å². The zero-order valence-corrected chi connectivity index (χ0v) is 7.15. The lowest BCUT2D eigenvalue weighted by atomic mass is 10.3. The molecule has 68 valence electrons. The Bertz CT molecular complexity index is 434. The molecule has 13 heavy (non-hydrogen) atoms. The van der Waals surface area contributed by atoms with E-state index in [0.29, 0.717) is 5.82 Å². The highest BCUT2D eigenvalue weighted by Crippen LogP contribution is 2.19. The fourth-order valence-corrected chi connectivity index (χ4v) is 1.22. The summed E-state index contributed by atoms with van der Waals surface area (Å²) in [5, 5.41) is 18.4. The molecule has 0 bridgehead atoms. The van der Waals surface area contributed by atoms with Crippen LogP contribution in [0, 0.1) is 0 Å². The number of imidazole rings is 1. The zero-order valence-electron chi connectivity index (χ0n) is 7.15. The van der Waals surface area contributed by atoms with Crippen molar-refractivity contribution < 1.29 is 10.2 Å². The van der Waals surface area contributed by atoms with E-state index in [0.717, 1.165) is 11.0 Å². The molecule has 1 heterocycles. The Morgan fingerprint density at radius 3 is 2.92 bits per heavy atom. The minimum absolute atomic E-state index is 0.188. The van der Waals surface area contributed by atoms with E-state index in [1.165, 1.54) is 0 Å². The first-order valence-corrected chi connectivity index (χ1v) is 4.03. The number of fused-ring (bicyclic) bond motifs is 1. The largest absolute Gasteiger partial charge is 0.508 e. The second-order valence-corrected chi connectivity index (χ2v) is 3.00. The minimum atomic E-state index is -0.616. The number of benzene rings is 1. The summed E-state index contributed by atoms with van der Waals surface area (Å²) in [5.41, 5.74) is 1.48. The summed E-state index contributed by atoms with van der Waals surface area (Å²) >= 11 is 0. The standard InChI is InChI=1S/C9H10N2O2/c1-5(12)9-10-7-3-2-6(13)4-8(7)11-9/h2-5,12-13H,1H3,(H,10,11). The van der Waals surface area contributed by atoms with Gasteiger partial charge in [0.1, 0.15) is 17.7 Å². The number of aliphatic hydroxyl groups excluding tert-OH is 1. The van der Waals surface area contributed by atoms with Gasteiger partial charge in [-0.3, -0.25) is 0 Å². The molecule has 4 nitrogen and oxygen atoms in total. The third kappa shape index (κ3) is 1.36. The predicted molar refractivity (Wildman–Crippen MR) is 48.4 cm³/mol. The summed E-state index contributed by atoms with van der Waals surface area (Å²) in [6.07, 6.45) is -0.616. The molecule has 1 unspecified atom stereocenters. The van der Waals surface area contributed by atoms with Gasteiger partial charge in [-0.15, -0.1) is 0 Å². The number of phenols is 1. The number of nitrogens with one attached hydrogen (secondary N) is 1. The van der Waals surface area contributed by atoms with Crippen LogP contribution in [0.2, 0.25) is 0 Å². The third-order valence-electron chi connectivity index (χ3n) is 1.88. The Balaban J connectivity index is 2.62. The van der Waals surface area contributed by atoms with Crippen LogP contribution < -0.4 is 0 Å². The fourth-order valence-electron chi connectivity index (χ4n) is 1.22. The zero-order chi connectivity index (χ0) is 9.42. The first-order chi connectivity index (χ1) is 6.16. The van der Waals surface area contributed by atoms with E-state index in [2.05, 4.69) is 9.97 Å². The molecule has 0 saturated carbocycles. The van der Waals surface area contributed by atoms with Crippen molar-refractivity contribution in [2.24, 2.45) is 0 Å². The van der Waals surface area contributed by atoms with Gasteiger partial charge in [0.15, 0.2) is 0 Å². The lowest BCUT2D eigenvalue weighted by Gasteiger charge is -1.95. The van der Waals surface area contributed by atoms with E-state index in [1.54, 1.807) is 25.1 Å². The molecule has 0 aliphatic carbocycles. The summed E-state index contributed by atoms with van der Waals surface area (Å²) in [4.78, 5) is 7.05. The second-order valence-electron chi connectivity index (χ2n) is 3.00. The van der Waals surface area contributed by atoms with Gasteiger partial charge in [0.2, 0.25) is 0 Å². The monoisotopic (exact) mass is 178 g/mol. The summed E-state index contributed by atoms with van der Waals surface area (Å²) in [6, 6.07) is 4.84. The van der Waals surface area contributed by atoms with Gasteiger partial charge in [0.25, 0.3) is 0 Å². The Kier molecular flexibility index (Phi) is 1.70. The Morgan fingerprint density at radius 1 is 1.46 bits per heavy atom. The molecule has 2 aromatic rings. The molecule has 1 aromatic carbocycles. The molecule has 0 aliphatic heterocycles. The first-order valence-electron chi connectivity index (χ1n) is 4.03. The van der Waals surface area contributed by atoms with Gasteiger partial charge in [0, 0.05) is 6.07 Å². The van der Waals surface area contributed by atoms with Gasteiger partial charge < -0.3 is 15.2 Å². The van der Waals surface area contributed by atoms with Gasteiger partial charge in [-0.1, -0.05) is 0 Å². The molecule has 3 N–H and O–H groups in total. The Hall–Kier alpha value is -1.55. The number of aromatic nitrogens is 2. The summed E-state index contributed by atoms with van der Waals surface area (Å²) < 4.78 is 0. The van der Waals surface area contributed by atoms with E-state index >= 15 is 0 Å². The number of hydrogen-bond donors (Lipinski definition) is 3. The van der Waals surface area contributed by atoms with Crippen LogP contribution in [0.15, 0.2) is 18.2 Å². The highest BCUT2D eigenvalue weighted by molar-refractivity contribution is 5.76. The van der Waals surface area contributed by atoms with Crippen LogP contribution in [0.3, 0.4) is 0 Å². The Morgan fingerprint density at radius 2 is 2.23 bits per heavy atom. The van der Waals surface area contributed by atoms with Gasteiger partial charge in [-0.05, 0) is 19.1 Å². The van der Waals surface area contributed by atoms with Crippen molar-refractivity contribution in [1.29, 1.82) is 0 Å². The molecule has 0 radical (unpaired) electrons. The lowest BCUT2D eigenvalue weighted by molar-refractivity contribution is 0.190. The molecule has 1 atom stereocenters. The number of phenolic OH excluding ortho intramolecular Hbond substituents is 1. The Labute approximate surface area is 74.9 Å². The lowest BCUT2D eigenvalue weighted by Crippen LogP contribution is -1.92. The molecule has 0 spiro atoms. The normalized spacial score (nSPS) is 13.4. The molecule has 0 aliphatic rings. The fraction of sp³-hybridized carbons (Fsp3) is 0.222. The van der Waals surface area contributed by atoms with E-state index in [1.807, 2.05) is 0 Å². The van der Waals surface area contributed by atoms with Crippen LogP contribution in [0.1, 0.15) is 18.9 Å². The van der Waals surface area contributed by atoms with Crippen LogP contribution in [-0.2, 0) is 0 Å². The maximum atomic E-state index is 9.24. The number of aromatic hydroxyl groups is 1. The molecule has 0 amide bonds. The van der Waals surface area contributed by atoms with Gasteiger partial charge >= 0.3 is 0 Å². The quantitative estimate of drug-likeness (QED) is 0.616. The number of H-pyrrole nitrogens is 1. The van der Waals surface area contributed by atoms with Crippen LogP contribution in [0.4, 0.5) is 0 Å². The summed E-state index contributed by atoms with van der Waals surface area (Å²) in [5.74, 6) is 0.703. The SMILES string of the molecule is CC(O)c1nc2ccc(O)cc2[nH]1. The smallest absolute Gasteiger partial charge is 0.135 e. The van der Waals surface area contributed by atoms with Crippen molar-refractivity contribution in [3.8, 4) is 5.75 Å². The maximum absolute atomic E-state index is 9.24. The van der Waals surface area contributed by atoms with Gasteiger partial charge in [0.05, 0.1) is 11.0 Å². The van der Waals surface area contributed by atoms with Crippen molar-refractivity contribution >= 4 is 11.0 Å². The van der Waals surface area contributed by atoms with Crippen LogP contribution >= 0.6 is 0 Å². The van der Waals surface area contributed by atoms with E-state index in [4.69, 9.17) is 5.11 Å². The van der Waals surface area contributed by atoms with Crippen LogP contribution in [0.25, 0.3) is 11.0 Å². The van der Waals surface area contributed by atoms with Crippen LogP contribution in [0.5, 0.6) is 5.75 Å². The molecule has 2 rings (SSSR count). The topological polar surface area (TPSA) is 69.1 Å². The molecular weight excluding hydrogens is 168 g/mol. The maximum Gasteiger partial charge on any atom is 0.135 e. The molecule has 0 saturated heterocycles. The second kappa shape index (κ2) is 2.74. The number of rotatable bonds is 1. The first kappa shape index (κ1) is 8.07. The number of aliphatic hydroxyl groups is 1. The molecule has 0 fully saturated rings. The van der Waals surface area contributed by atoms with Crippen molar-refractivity contribution in [3.63, 3.8) is 0 Å². The van der Waals surface area contributed by atoms with E-state index in [-0.39, 0.29) is 5.75 Å². The average Bonchev–Trinajstić information content (AvgIpc) is 2.46. The number of aromatic amines is 1. The molecule has 1 aromatic heterocycles. The van der Waals surface area contributed by atoms with E-state index in [9.17, 15) is 5.11 Å². The highest BCUT2D eigenvalue weighted by Gasteiger charge is 2.07. The van der Waals surface area contributed by atoms with Crippen molar-refractivity contribution in [1.82, 2.24) is 9.97 Å². The minimum Gasteiger partial charge on any atom is -0.508 e. The van der Waals surface area contributed by atoms with Gasteiger partial charge in [-0.25, -0.2) is 4.98 Å². The molecular formula is C9H10N2O2. The number of hydrogen-bond acceptors (Lipinski definition) is 3. The van der Waals surface area contributed by atoms with Crippen molar-refractivity contribution in [3.05, 3.63) is 24.0 Å². The highest BCUT2D eigenvalue weighted by atomic mass is 16.3. The number of nitrogens with zero attached hydrogens (tertiary/aromatic N) is 1. The third-order valence-corrected chi connectivity index (χ3v) is 1.88. The molecule has 4 heteroatoms. The van der Waals surface area contributed by atoms with Gasteiger partial charge in [-0.2, -0.15) is 0 Å². The summed E-state index contributed by atoms with van der Waals surface area (Å²) in [7, 11) is 0. The van der Waals surface area contributed by atoms with Crippen LogP contribution in [-0.4, -0.2) is 20.2 Å². The predicted octanol–water partition coefficient (Wildman–Crippen LogP) is 1.32.